The molecule has 0 aliphatic heterocycles. The fourth-order valence-electron chi connectivity index (χ4n) is 0.567. The van der Waals surface area contributed by atoms with Crippen LogP contribution in [0.15, 0.2) is 0 Å². The van der Waals surface area contributed by atoms with E-state index >= 15 is 0 Å². The molecular formula is C8H17NO3. The molecule has 0 spiro atoms. The van der Waals surface area contributed by atoms with Crippen LogP contribution < -0.4 is 0 Å². The topological polar surface area (TPSA) is 38.8 Å². The molecule has 0 saturated heterocycles. The Labute approximate surface area is 73.4 Å². The molecule has 4 nitrogen and oxygen atoms in total. The minimum absolute atomic E-state index is 0.225. The van der Waals surface area contributed by atoms with E-state index in [0.717, 1.165) is 18.1 Å². The van der Waals surface area contributed by atoms with Crippen molar-refractivity contribution in [2.45, 2.75) is 33.6 Å². The summed E-state index contributed by atoms with van der Waals surface area (Å²) < 4.78 is 0. The third kappa shape index (κ3) is 5.09. The van der Waals surface area contributed by atoms with E-state index in [9.17, 15) is 4.79 Å². The second-order valence-corrected chi connectivity index (χ2v) is 2.44. The Morgan fingerprint density at radius 3 is 1.83 bits per heavy atom. The van der Waals surface area contributed by atoms with Crippen LogP contribution in [0.2, 0.25) is 0 Å². The van der Waals surface area contributed by atoms with Gasteiger partial charge in [-0.15, -0.1) is 0 Å². The summed E-state index contributed by atoms with van der Waals surface area (Å²) in [6.07, 6.45) is 1.72. The quantitative estimate of drug-likeness (QED) is 0.574. The van der Waals surface area contributed by atoms with Gasteiger partial charge in [0.2, 0.25) is 0 Å². The van der Waals surface area contributed by atoms with Crippen molar-refractivity contribution in [1.29, 1.82) is 0 Å². The summed E-state index contributed by atoms with van der Waals surface area (Å²) in [6.45, 7) is 6.36. The highest BCUT2D eigenvalue weighted by Gasteiger charge is 2.08. The minimum Gasteiger partial charge on any atom is -0.270 e. The maximum atomic E-state index is 10.8. The zero-order chi connectivity index (χ0) is 9.40. The van der Waals surface area contributed by atoms with Crippen molar-refractivity contribution >= 4 is 5.91 Å². The van der Waals surface area contributed by atoms with Gasteiger partial charge in [-0.3, -0.25) is 4.79 Å². The molecule has 0 aliphatic rings. The summed E-state index contributed by atoms with van der Waals surface area (Å²) in [4.78, 5) is 20.9. The Bertz CT molecular complexity index is 119. The van der Waals surface area contributed by atoms with Crippen LogP contribution in [0, 0.1) is 0 Å². The van der Waals surface area contributed by atoms with Crippen LogP contribution in [0.5, 0.6) is 0 Å². The molecule has 0 fully saturated rings. The fraction of sp³-hybridized carbons (Fsp3) is 0.875. The van der Waals surface area contributed by atoms with Crippen LogP contribution in [0.1, 0.15) is 33.6 Å². The molecule has 0 bridgehead atoms. The number of rotatable bonds is 6. The van der Waals surface area contributed by atoms with Crippen molar-refractivity contribution in [3.63, 3.8) is 0 Å². The Kier molecular flexibility index (Phi) is 6.70. The smallest absolute Gasteiger partial charge is 0.270 e. The van der Waals surface area contributed by atoms with E-state index in [1.807, 2.05) is 13.8 Å². The average molecular weight is 175 g/mol. The van der Waals surface area contributed by atoms with Crippen molar-refractivity contribution in [3.05, 3.63) is 0 Å². The van der Waals surface area contributed by atoms with Crippen molar-refractivity contribution in [1.82, 2.24) is 5.23 Å². The third-order valence-electron chi connectivity index (χ3n) is 1.08. The van der Waals surface area contributed by atoms with E-state index in [2.05, 4.69) is 0 Å². The Morgan fingerprint density at radius 2 is 1.58 bits per heavy atom. The third-order valence-corrected chi connectivity index (χ3v) is 1.08. The molecule has 0 heterocycles. The van der Waals surface area contributed by atoms with Gasteiger partial charge in [0.25, 0.3) is 5.91 Å². The van der Waals surface area contributed by atoms with Crippen LogP contribution in [-0.4, -0.2) is 24.3 Å². The molecule has 0 aromatic rings. The number of carbonyl (C=O) groups is 1. The Hall–Kier alpha value is -0.610. The number of hydrogen-bond donors (Lipinski definition) is 0. The lowest BCUT2D eigenvalue weighted by Crippen LogP contribution is -2.29. The zero-order valence-electron chi connectivity index (χ0n) is 8.00. The Morgan fingerprint density at radius 1 is 1.17 bits per heavy atom. The standard InChI is InChI=1S/C8H17NO3/c1-4-6-11-9(8(3)10)12-7-5-2/h4-7H2,1-3H3. The molecular weight excluding hydrogens is 158 g/mol. The number of hydroxylamine groups is 2. The van der Waals surface area contributed by atoms with Crippen molar-refractivity contribution in [2.75, 3.05) is 13.2 Å². The summed E-state index contributed by atoms with van der Waals surface area (Å²) in [6, 6.07) is 0. The second-order valence-electron chi connectivity index (χ2n) is 2.44. The molecule has 72 valence electrons. The van der Waals surface area contributed by atoms with E-state index in [-0.39, 0.29) is 5.91 Å². The van der Waals surface area contributed by atoms with E-state index in [0.29, 0.717) is 13.2 Å². The molecule has 12 heavy (non-hydrogen) atoms. The summed E-state index contributed by atoms with van der Waals surface area (Å²) in [5.74, 6) is -0.225. The molecule has 0 aromatic carbocycles. The van der Waals surface area contributed by atoms with E-state index in [1.165, 1.54) is 6.92 Å². The first-order valence-electron chi connectivity index (χ1n) is 4.28. The predicted octanol–water partition coefficient (Wildman–Crippen LogP) is 1.52. The van der Waals surface area contributed by atoms with Gasteiger partial charge in [0.15, 0.2) is 0 Å². The van der Waals surface area contributed by atoms with Crippen LogP contribution in [0.25, 0.3) is 0 Å². The minimum atomic E-state index is -0.225. The Balaban J connectivity index is 3.62. The first-order valence-corrected chi connectivity index (χ1v) is 4.28. The van der Waals surface area contributed by atoms with Crippen LogP contribution in [0.4, 0.5) is 0 Å². The van der Waals surface area contributed by atoms with Crippen LogP contribution in [0.3, 0.4) is 0 Å². The first kappa shape index (κ1) is 11.4. The highest BCUT2D eigenvalue weighted by atomic mass is 17.0. The van der Waals surface area contributed by atoms with Gasteiger partial charge < -0.3 is 0 Å². The second kappa shape index (κ2) is 7.06. The number of amides is 1. The van der Waals surface area contributed by atoms with E-state index in [1.54, 1.807) is 0 Å². The van der Waals surface area contributed by atoms with Gasteiger partial charge in [-0.05, 0) is 12.8 Å². The molecule has 0 aliphatic carbocycles. The number of hydrogen-bond acceptors (Lipinski definition) is 3. The maximum Gasteiger partial charge on any atom is 0.270 e. The van der Waals surface area contributed by atoms with Crippen molar-refractivity contribution in [2.24, 2.45) is 0 Å². The largest absolute Gasteiger partial charge is 0.270 e. The van der Waals surface area contributed by atoms with Crippen molar-refractivity contribution in [3.8, 4) is 0 Å². The van der Waals surface area contributed by atoms with Crippen molar-refractivity contribution < 1.29 is 14.5 Å². The lowest BCUT2D eigenvalue weighted by molar-refractivity contribution is -0.340. The summed E-state index contributed by atoms with van der Waals surface area (Å²) in [5, 5.41) is 0.951. The first-order chi connectivity index (χ1) is 5.72. The highest BCUT2D eigenvalue weighted by molar-refractivity contribution is 5.70. The summed E-state index contributed by atoms with van der Waals surface area (Å²) in [7, 11) is 0. The molecule has 0 rings (SSSR count). The van der Waals surface area contributed by atoms with Gasteiger partial charge in [0.1, 0.15) is 0 Å². The lowest BCUT2D eigenvalue weighted by atomic mass is 10.5. The van der Waals surface area contributed by atoms with Gasteiger partial charge >= 0.3 is 0 Å². The predicted molar refractivity (Wildman–Crippen MR) is 45.0 cm³/mol. The molecule has 0 saturated carbocycles. The van der Waals surface area contributed by atoms with Crippen LogP contribution in [-0.2, 0) is 14.5 Å². The molecule has 0 atom stereocenters. The monoisotopic (exact) mass is 175 g/mol. The van der Waals surface area contributed by atoms with Gasteiger partial charge in [-0.25, -0.2) is 9.68 Å². The van der Waals surface area contributed by atoms with Gasteiger partial charge in [0.05, 0.1) is 13.2 Å². The summed E-state index contributed by atoms with van der Waals surface area (Å²) in [5.41, 5.74) is 0. The molecule has 0 N–H and O–H groups in total. The van der Waals surface area contributed by atoms with Gasteiger partial charge in [-0.2, -0.15) is 0 Å². The number of nitrogens with zero attached hydrogens (tertiary/aromatic N) is 1. The van der Waals surface area contributed by atoms with Gasteiger partial charge in [-0.1, -0.05) is 19.1 Å². The molecule has 0 radical (unpaired) electrons. The SMILES string of the molecule is CCCON(OCCC)C(C)=O. The van der Waals surface area contributed by atoms with E-state index in [4.69, 9.17) is 9.68 Å². The molecule has 4 heteroatoms. The van der Waals surface area contributed by atoms with Crippen LogP contribution >= 0.6 is 0 Å². The number of carbonyl (C=O) groups excluding carboxylic acids is 1. The fourth-order valence-corrected chi connectivity index (χ4v) is 0.567. The van der Waals surface area contributed by atoms with E-state index < -0.39 is 0 Å². The molecule has 0 aromatic heterocycles. The lowest BCUT2D eigenvalue weighted by Gasteiger charge is -2.17. The zero-order valence-corrected chi connectivity index (χ0v) is 8.00. The van der Waals surface area contributed by atoms with Gasteiger partial charge in [0, 0.05) is 6.92 Å². The average Bonchev–Trinajstić information content (AvgIpc) is 2.04. The normalized spacial score (nSPS) is 9.92. The highest BCUT2D eigenvalue weighted by Crippen LogP contribution is 1.95. The maximum absolute atomic E-state index is 10.8. The summed E-state index contributed by atoms with van der Waals surface area (Å²) >= 11 is 0. The molecule has 1 amide bonds. The molecule has 0 unspecified atom stereocenters.